The van der Waals surface area contributed by atoms with Crippen LogP contribution >= 0.6 is 11.8 Å². The fourth-order valence-electron chi connectivity index (χ4n) is 3.67. The molecule has 1 heterocycles. The molecule has 1 aromatic heterocycles. The van der Waals surface area contributed by atoms with Crippen LogP contribution in [0.15, 0.2) is 24.3 Å². The highest BCUT2D eigenvalue weighted by molar-refractivity contribution is 7.99. The van der Waals surface area contributed by atoms with E-state index in [1.54, 1.807) is 0 Å². The minimum absolute atomic E-state index is 0.175. The van der Waals surface area contributed by atoms with Crippen LogP contribution in [0.2, 0.25) is 0 Å². The van der Waals surface area contributed by atoms with Crippen LogP contribution in [0.5, 0.6) is 0 Å². The average molecular weight is 415 g/mol. The number of rotatable bonds is 8. The van der Waals surface area contributed by atoms with Gasteiger partial charge in [-0.1, -0.05) is 37.0 Å². The predicted octanol–water partition coefficient (Wildman–Crippen LogP) is 3.92. The van der Waals surface area contributed by atoms with Gasteiger partial charge in [0.2, 0.25) is 17.8 Å². The lowest BCUT2D eigenvalue weighted by atomic mass is 9.94. The van der Waals surface area contributed by atoms with Crippen LogP contribution < -0.4 is 11.1 Å². The molecule has 0 bridgehead atoms. The Kier molecular flexibility index (Phi) is 7.69. The molecule has 2 aromatic rings. The number of nitrogen functional groups attached to an aromatic ring is 1. The Morgan fingerprint density at radius 1 is 1.17 bits per heavy atom. The smallest absolute Gasteiger partial charge is 0.232 e. The molecule has 3 rings (SSSR count). The number of hydrogen-bond acceptors (Lipinski definition) is 7. The topological polar surface area (TPSA) is 97.0 Å². The van der Waals surface area contributed by atoms with Crippen molar-refractivity contribution < 1.29 is 4.79 Å². The Morgan fingerprint density at radius 3 is 2.59 bits per heavy atom. The summed E-state index contributed by atoms with van der Waals surface area (Å²) in [4.78, 5) is 27.5. The van der Waals surface area contributed by atoms with Crippen molar-refractivity contribution in [3.05, 3.63) is 35.7 Å². The zero-order valence-electron chi connectivity index (χ0n) is 17.2. The molecular weight excluding hydrogens is 384 g/mol. The molecule has 0 aliphatic heterocycles. The minimum Gasteiger partial charge on any atom is -0.368 e. The molecule has 7 nitrogen and oxygen atoms in total. The van der Waals surface area contributed by atoms with Crippen LogP contribution in [0.4, 0.5) is 17.6 Å². The molecule has 0 radical (unpaired) electrons. The van der Waals surface area contributed by atoms with Crippen LogP contribution in [0.3, 0.4) is 0 Å². The largest absolute Gasteiger partial charge is 0.368 e. The number of aryl methyl sites for hydroxylation is 1. The maximum absolute atomic E-state index is 12.7. The fourth-order valence-corrected chi connectivity index (χ4v) is 4.42. The SMILES string of the molecule is CCN(C(=O)CSCc1nc(N)nc(Nc2ccc(C)cc2)n1)C1CCCCC1. The molecule has 1 fully saturated rings. The first kappa shape index (κ1) is 21.4. The molecule has 1 amide bonds. The molecule has 0 saturated heterocycles. The fraction of sp³-hybridized carbons (Fsp3) is 0.524. The highest BCUT2D eigenvalue weighted by atomic mass is 32.2. The summed E-state index contributed by atoms with van der Waals surface area (Å²) in [6.45, 7) is 4.87. The summed E-state index contributed by atoms with van der Waals surface area (Å²) in [6, 6.07) is 8.36. The molecule has 29 heavy (non-hydrogen) atoms. The third-order valence-corrected chi connectivity index (χ3v) is 6.05. The second-order valence-corrected chi connectivity index (χ2v) is 8.37. The number of nitrogens with two attached hydrogens (primary N) is 1. The molecule has 1 aromatic carbocycles. The zero-order valence-corrected chi connectivity index (χ0v) is 18.0. The van der Waals surface area contributed by atoms with Crippen molar-refractivity contribution in [3.63, 3.8) is 0 Å². The third kappa shape index (κ3) is 6.32. The average Bonchev–Trinajstić information content (AvgIpc) is 2.71. The molecule has 8 heteroatoms. The first-order chi connectivity index (χ1) is 14.0. The first-order valence-corrected chi connectivity index (χ1v) is 11.4. The molecule has 3 N–H and O–H groups in total. The normalized spacial score (nSPS) is 14.6. The number of nitrogens with zero attached hydrogens (tertiary/aromatic N) is 4. The van der Waals surface area contributed by atoms with Gasteiger partial charge < -0.3 is 16.0 Å². The van der Waals surface area contributed by atoms with Crippen molar-refractivity contribution in [2.75, 3.05) is 23.3 Å². The summed E-state index contributed by atoms with van der Waals surface area (Å²) in [5.74, 6) is 2.31. The van der Waals surface area contributed by atoms with Gasteiger partial charge in [-0.3, -0.25) is 4.79 Å². The second kappa shape index (κ2) is 10.4. The summed E-state index contributed by atoms with van der Waals surface area (Å²) >= 11 is 1.52. The number of nitrogens with one attached hydrogen (secondary N) is 1. The number of aromatic nitrogens is 3. The summed E-state index contributed by atoms with van der Waals surface area (Å²) in [5, 5.41) is 3.16. The van der Waals surface area contributed by atoms with Gasteiger partial charge in [0, 0.05) is 18.3 Å². The van der Waals surface area contributed by atoms with Crippen LogP contribution in [0.25, 0.3) is 0 Å². The van der Waals surface area contributed by atoms with Gasteiger partial charge in [0.1, 0.15) is 5.82 Å². The second-order valence-electron chi connectivity index (χ2n) is 7.39. The maximum atomic E-state index is 12.7. The number of carbonyl (C=O) groups excluding carboxylic acids is 1. The maximum Gasteiger partial charge on any atom is 0.232 e. The lowest BCUT2D eigenvalue weighted by molar-refractivity contribution is -0.131. The molecule has 1 saturated carbocycles. The van der Waals surface area contributed by atoms with E-state index in [1.165, 1.54) is 36.6 Å². The van der Waals surface area contributed by atoms with Gasteiger partial charge in [0.05, 0.1) is 11.5 Å². The van der Waals surface area contributed by atoms with Gasteiger partial charge >= 0.3 is 0 Å². The standard InChI is InChI=1S/C21H30N6OS/c1-3-27(17-7-5-4-6-8-17)19(28)14-29-13-18-24-20(22)26-21(25-18)23-16-11-9-15(2)10-12-16/h9-12,17H,3-8,13-14H2,1-2H3,(H3,22,23,24,25,26). The van der Waals surface area contributed by atoms with Gasteiger partial charge in [-0.25, -0.2) is 0 Å². The highest BCUT2D eigenvalue weighted by Gasteiger charge is 2.23. The van der Waals surface area contributed by atoms with Crippen molar-refractivity contribution in [2.24, 2.45) is 0 Å². The monoisotopic (exact) mass is 414 g/mol. The third-order valence-electron chi connectivity index (χ3n) is 5.14. The van der Waals surface area contributed by atoms with E-state index in [4.69, 9.17) is 5.73 Å². The molecule has 0 spiro atoms. The van der Waals surface area contributed by atoms with Crippen LogP contribution in [0, 0.1) is 6.92 Å². The Labute approximate surface area is 176 Å². The van der Waals surface area contributed by atoms with Crippen LogP contribution in [-0.4, -0.2) is 44.1 Å². The predicted molar refractivity (Wildman–Crippen MR) is 119 cm³/mol. The first-order valence-electron chi connectivity index (χ1n) is 10.3. The molecule has 1 aliphatic carbocycles. The Hall–Kier alpha value is -2.35. The van der Waals surface area contributed by atoms with E-state index < -0.39 is 0 Å². The van der Waals surface area contributed by atoms with E-state index >= 15 is 0 Å². The van der Waals surface area contributed by atoms with Gasteiger partial charge in [-0.05, 0) is 38.8 Å². The van der Waals surface area contributed by atoms with E-state index in [0.717, 1.165) is 25.1 Å². The lowest BCUT2D eigenvalue weighted by Gasteiger charge is -2.33. The summed E-state index contributed by atoms with van der Waals surface area (Å²) in [5.41, 5.74) is 7.92. The van der Waals surface area contributed by atoms with Crippen molar-refractivity contribution in [1.82, 2.24) is 19.9 Å². The number of hydrogen-bond donors (Lipinski definition) is 2. The Balaban J connectivity index is 1.55. The highest BCUT2D eigenvalue weighted by Crippen LogP contribution is 2.23. The number of carbonyl (C=O) groups is 1. The van der Waals surface area contributed by atoms with Crippen molar-refractivity contribution in [1.29, 1.82) is 0 Å². The van der Waals surface area contributed by atoms with E-state index in [0.29, 0.717) is 29.3 Å². The van der Waals surface area contributed by atoms with Crippen molar-refractivity contribution >= 4 is 35.3 Å². The zero-order chi connectivity index (χ0) is 20.6. The van der Waals surface area contributed by atoms with Crippen LogP contribution in [0.1, 0.15) is 50.4 Å². The molecule has 1 aliphatic rings. The van der Waals surface area contributed by atoms with Crippen molar-refractivity contribution in [3.8, 4) is 0 Å². The summed E-state index contributed by atoms with van der Waals surface area (Å²) < 4.78 is 0. The molecule has 0 atom stereocenters. The molecular formula is C21H30N6OS. The minimum atomic E-state index is 0.175. The number of benzene rings is 1. The van der Waals surface area contributed by atoms with E-state index in [-0.39, 0.29) is 11.9 Å². The summed E-state index contributed by atoms with van der Waals surface area (Å²) in [7, 11) is 0. The lowest BCUT2D eigenvalue weighted by Crippen LogP contribution is -2.42. The van der Waals surface area contributed by atoms with Crippen LogP contribution in [-0.2, 0) is 10.5 Å². The quantitative estimate of drug-likeness (QED) is 0.675. The van der Waals surface area contributed by atoms with Gasteiger partial charge in [0.25, 0.3) is 0 Å². The van der Waals surface area contributed by atoms with Gasteiger partial charge in [-0.2, -0.15) is 15.0 Å². The molecule has 0 unspecified atom stereocenters. The van der Waals surface area contributed by atoms with Crippen molar-refractivity contribution in [2.45, 2.75) is 57.7 Å². The Morgan fingerprint density at radius 2 is 1.90 bits per heavy atom. The number of thioether (sulfide) groups is 1. The molecule has 156 valence electrons. The van der Waals surface area contributed by atoms with E-state index in [2.05, 4.69) is 27.2 Å². The van der Waals surface area contributed by atoms with Gasteiger partial charge in [-0.15, -0.1) is 11.8 Å². The number of anilines is 3. The Bertz CT molecular complexity index is 807. The summed E-state index contributed by atoms with van der Waals surface area (Å²) in [6.07, 6.45) is 5.99. The number of amides is 1. The van der Waals surface area contributed by atoms with E-state index in [9.17, 15) is 4.79 Å². The van der Waals surface area contributed by atoms with Gasteiger partial charge in [0.15, 0.2) is 0 Å². The van der Waals surface area contributed by atoms with E-state index in [1.807, 2.05) is 36.1 Å².